The molecule has 0 radical (unpaired) electrons. The maximum absolute atomic E-state index is 4.84. The molecule has 3 rings (SSSR count). The van der Waals surface area contributed by atoms with Crippen LogP contribution in [-0.4, -0.2) is 26.3 Å². The largest absolute Gasteiger partial charge is 0.212 e. The normalized spacial score (nSPS) is 13.5. The molecule has 0 N–H and O–H groups in total. The molecule has 0 amide bonds. The quantitative estimate of drug-likeness (QED) is 0.192. The molecule has 4 nitrogen and oxygen atoms in total. The first-order chi connectivity index (χ1) is 15.9. The van der Waals surface area contributed by atoms with Crippen LogP contribution in [0, 0.1) is 0 Å². The second-order valence-corrected chi connectivity index (χ2v) is 9.69. The Labute approximate surface area is 199 Å². The summed E-state index contributed by atoms with van der Waals surface area (Å²) in [4.78, 5) is 0. The van der Waals surface area contributed by atoms with E-state index in [0.717, 1.165) is 35.3 Å². The number of hydrogen-bond acceptors (Lipinski definition) is 4. The van der Waals surface area contributed by atoms with Crippen LogP contribution in [0.2, 0.25) is 0 Å². The summed E-state index contributed by atoms with van der Waals surface area (Å²) in [5.74, 6) is 1.86. The van der Waals surface area contributed by atoms with Crippen molar-refractivity contribution in [2.45, 2.75) is 102 Å². The van der Waals surface area contributed by atoms with Crippen LogP contribution in [0.5, 0.6) is 0 Å². The lowest BCUT2D eigenvalue weighted by atomic mass is 10.1. The molecule has 0 aliphatic carbocycles. The average Bonchev–Trinajstić information content (AvgIpc) is 3.24. The van der Waals surface area contributed by atoms with Gasteiger partial charge in [0.05, 0.1) is 5.71 Å². The van der Waals surface area contributed by atoms with E-state index in [0.29, 0.717) is 0 Å². The van der Waals surface area contributed by atoms with Crippen LogP contribution in [0.15, 0.2) is 52.7 Å². The van der Waals surface area contributed by atoms with Gasteiger partial charge in [-0.25, -0.2) is 0 Å². The minimum absolute atomic E-state index is 0.857. The Morgan fingerprint density at radius 1 is 0.812 bits per heavy atom. The summed E-state index contributed by atoms with van der Waals surface area (Å²) in [6.07, 6.45) is 23.0. The highest BCUT2D eigenvalue weighted by molar-refractivity contribution is 7.99. The molecule has 1 aliphatic heterocycles. The van der Waals surface area contributed by atoms with Crippen molar-refractivity contribution in [3.8, 4) is 0 Å². The third-order valence-electron chi connectivity index (χ3n) is 6.00. The van der Waals surface area contributed by atoms with Crippen LogP contribution >= 0.6 is 11.8 Å². The third kappa shape index (κ3) is 8.57. The molecule has 1 aliphatic rings. The fourth-order valence-electron chi connectivity index (χ4n) is 4.05. The summed E-state index contributed by atoms with van der Waals surface area (Å²) in [5, 5.41) is 14.5. The van der Waals surface area contributed by atoms with Gasteiger partial charge in [-0.2, -0.15) is 9.78 Å². The van der Waals surface area contributed by atoms with Crippen molar-refractivity contribution in [3.63, 3.8) is 0 Å². The van der Waals surface area contributed by atoms with E-state index in [1.54, 1.807) is 11.8 Å². The highest BCUT2D eigenvalue weighted by Gasteiger charge is 2.19. The van der Waals surface area contributed by atoms with Crippen molar-refractivity contribution in [2.75, 3.05) is 5.75 Å². The number of thioether (sulfide) groups is 1. The van der Waals surface area contributed by atoms with E-state index in [2.05, 4.69) is 53.5 Å². The molecule has 0 fully saturated rings. The van der Waals surface area contributed by atoms with E-state index in [4.69, 9.17) is 5.10 Å². The summed E-state index contributed by atoms with van der Waals surface area (Å²) in [5.41, 5.74) is 2.29. The lowest BCUT2D eigenvalue weighted by Gasteiger charge is -2.13. The zero-order valence-corrected chi connectivity index (χ0v) is 20.7. The molecule has 0 bridgehead atoms. The van der Waals surface area contributed by atoms with Gasteiger partial charge < -0.3 is 0 Å². The molecule has 1 aromatic heterocycles. The second-order valence-electron chi connectivity index (χ2n) is 8.75. The van der Waals surface area contributed by atoms with Crippen LogP contribution in [0.3, 0.4) is 0 Å². The lowest BCUT2D eigenvalue weighted by molar-refractivity contribution is 0.595. The predicted molar refractivity (Wildman–Crippen MR) is 138 cm³/mol. The standard InChI is InChI=1S/C27H40N4S/c1-2-3-4-5-6-7-8-9-10-11-12-13-14-15-19-22-26-28-29-27-31(26)30-25(23-32-27)24-20-17-16-18-21-24/h9-10,16-18,20-21H,2-8,11-15,19,22-23H2,1H3. The highest BCUT2D eigenvalue weighted by atomic mass is 32.2. The Hall–Kier alpha value is -1.88. The molecule has 0 atom stereocenters. The van der Waals surface area contributed by atoms with Crippen molar-refractivity contribution in [2.24, 2.45) is 5.10 Å². The number of benzene rings is 1. The number of nitrogens with zero attached hydrogens (tertiary/aromatic N) is 4. The van der Waals surface area contributed by atoms with Gasteiger partial charge in [-0.15, -0.1) is 10.2 Å². The van der Waals surface area contributed by atoms with Gasteiger partial charge in [0.2, 0.25) is 5.16 Å². The first-order valence-corrected chi connectivity index (χ1v) is 13.7. The van der Waals surface area contributed by atoms with Gasteiger partial charge in [-0.05, 0) is 37.7 Å². The van der Waals surface area contributed by atoms with Crippen molar-refractivity contribution in [1.29, 1.82) is 0 Å². The van der Waals surface area contributed by atoms with Gasteiger partial charge in [-0.3, -0.25) is 0 Å². The summed E-state index contributed by atoms with van der Waals surface area (Å²) in [7, 11) is 0. The van der Waals surface area contributed by atoms with Crippen molar-refractivity contribution in [3.05, 3.63) is 53.9 Å². The van der Waals surface area contributed by atoms with E-state index in [1.807, 2.05) is 10.7 Å². The minimum Gasteiger partial charge on any atom is -0.191 e. The Balaban J connectivity index is 1.25. The zero-order chi connectivity index (χ0) is 22.3. The topological polar surface area (TPSA) is 43.1 Å². The summed E-state index contributed by atoms with van der Waals surface area (Å²) in [6.45, 7) is 2.28. The summed E-state index contributed by atoms with van der Waals surface area (Å²) >= 11 is 1.73. The lowest BCUT2D eigenvalue weighted by Crippen LogP contribution is -2.14. The number of rotatable bonds is 16. The third-order valence-corrected chi connectivity index (χ3v) is 6.94. The Morgan fingerprint density at radius 3 is 2.19 bits per heavy atom. The smallest absolute Gasteiger partial charge is 0.191 e. The SMILES string of the molecule is CCCCCCCCC=CCCCCCCCc1nnc2n1N=C(c1ccccc1)CS2. The number of aromatic nitrogens is 3. The maximum Gasteiger partial charge on any atom is 0.212 e. The predicted octanol–water partition coefficient (Wildman–Crippen LogP) is 7.83. The minimum atomic E-state index is 0.857. The van der Waals surface area contributed by atoms with Crippen LogP contribution in [-0.2, 0) is 6.42 Å². The molecule has 0 spiro atoms. The van der Waals surface area contributed by atoms with Crippen molar-refractivity contribution >= 4 is 17.5 Å². The average molecular weight is 453 g/mol. The number of hydrogen-bond donors (Lipinski definition) is 0. The molecule has 0 saturated heterocycles. The molecular weight excluding hydrogens is 412 g/mol. The molecule has 1 aromatic carbocycles. The zero-order valence-electron chi connectivity index (χ0n) is 19.8. The highest BCUT2D eigenvalue weighted by Crippen LogP contribution is 2.24. The van der Waals surface area contributed by atoms with Gasteiger partial charge in [-0.1, -0.05) is 113 Å². The van der Waals surface area contributed by atoms with E-state index in [1.165, 1.54) is 82.6 Å². The van der Waals surface area contributed by atoms with Gasteiger partial charge >= 0.3 is 0 Å². The first kappa shape index (κ1) is 24.8. The molecule has 174 valence electrons. The van der Waals surface area contributed by atoms with Crippen molar-refractivity contribution < 1.29 is 0 Å². The fourth-order valence-corrected chi connectivity index (χ4v) is 4.91. The second kappa shape index (κ2) is 15.0. The molecular formula is C27H40N4S. The molecule has 32 heavy (non-hydrogen) atoms. The van der Waals surface area contributed by atoms with Crippen molar-refractivity contribution in [1.82, 2.24) is 14.9 Å². The Morgan fingerprint density at radius 2 is 1.47 bits per heavy atom. The van der Waals surface area contributed by atoms with E-state index >= 15 is 0 Å². The molecule has 0 saturated carbocycles. The number of allylic oxidation sites excluding steroid dienone is 2. The molecule has 5 heteroatoms. The van der Waals surface area contributed by atoms with Gasteiger partial charge in [0.15, 0.2) is 5.82 Å². The molecule has 2 aromatic rings. The number of unbranched alkanes of at least 4 members (excludes halogenated alkanes) is 11. The van der Waals surface area contributed by atoms with Crippen LogP contribution in [0.4, 0.5) is 0 Å². The van der Waals surface area contributed by atoms with E-state index in [-0.39, 0.29) is 0 Å². The molecule has 2 heterocycles. The number of fused-ring (bicyclic) bond motifs is 1. The van der Waals surface area contributed by atoms with Crippen LogP contribution in [0.1, 0.15) is 102 Å². The summed E-state index contributed by atoms with van der Waals surface area (Å²) in [6, 6.07) is 10.4. The maximum atomic E-state index is 4.84. The van der Waals surface area contributed by atoms with Gasteiger partial charge in [0, 0.05) is 12.2 Å². The van der Waals surface area contributed by atoms with Crippen LogP contribution in [0.25, 0.3) is 0 Å². The Bertz CT molecular complexity index is 825. The molecule has 0 unspecified atom stereocenters. The first-order valence-electron chi connectivity index (χ1n) is 12.7. The fraction of sp³-hybridized carbons (Fsp3) is 0.593. The monoisotopic (exact) mass is 452 g/mol. The number of aryl methyl sites for hydroxylation is 1. The van der Waals surface area contributed by atoms with Gasteiger partial charge in [0.1, 0.15) is 0 Å². The van der Waals surface area contributed by atoms with Gasteiger partial charge in [0.25, 0.3) is 0 Å². The summed E-state index contributed by atoms with van der Waals surface area (Å²) < 4.78 is 1.96. The Kier molecular flexibility index (Phi) is 11.6. The van der Waals surface area contributed by atoms with Crippen LogP contribution < -0.4 is 0 Å². The van der Waals surface area contributed by atoms with E-state index in [9.17, 15) is 0 Å². The van der Waals surface area contributed by atoms with E-state index < -0.39 is 0 Å².